The number of likely N-dealkylation sites (tertiary alicyclic amines) is 1. The first-order valence-corrected chi connectivity index (χ1v) is 23.7. The van der Waals surface area contributed by atoms with Crippen molar-refractivity contribution in [1.29, 1.82) is 0 Å². The molecule has 0 radical (unpaired) electrons. The number of benzene rings is 1. The van der Waals surface area contributed by atoms with Gasteiger partial charge in [-0.05, 0) is 89.8 Å². The average molecular weight is 1030 g/mol. The number of esters is 1. The molecule has 6 heterocycles. The number of aromatic nitrogens is 3. The van der Waals surface area contributed by atoms with E-state index in [1.807, 2.05) is 32.2 Å². The third kappa shape index (κ3) is 12.3. The number of carbonyl (C=O) groups excluding carboxylic acids is 4. The van der Waals surface area contributed by atoms with Crippen molar-refractivity contribution in [1.82, 2.24) is 45.0 Å². The summed E-state index contributed by atoms with van der Waals surface area (Å²) >= 11 is 1.43. The van der Waals surface area contributed by atoms with Gasteiger partial charge in [0, 0.05) is 97.9 Å². The van der Waals surface area contributed by atoms with Crippen LogP contribution in [0.15, 0.2) is 41.9 Å². The Kier molecular flexibility index (Phi) is 21.2. The summed E-state index contributed by atoms with van der Waals surface area (Å²) in [5.74, 6) is -1.51. The number of cyclic esters (lactones) is 1. The molecule has 4 aromatic rings. The van der Waals surface area contributed by atoms with Gasteiger partial charge >= 0.3 is 12.0 Å². The molecule has 4 atom stereocenters. The Morgan fingerprint density at radius 1 is 1.06 bits per heavy atom. The van der Waals surface area contributed by atoms with Crippen LogP contribution < -0.4 is 10.7 Å². The number of pyridine rings is 1. The third-order valence-electron chi connectivity index (χ3n) is 13.3. The highest BCUT2D eigenvalue weighted by molar-refractivity contribution is 7.59. The van der Waals surface area contributed by atoms with E-state index >= 15 is 0 Å². The topological polar surface area (TPSA) is 154 Å². The normalized spacial score (nSPS) is 19.4. The standard InChI is InChI=1S/C48H67N9O6S.4H2S/c1-12-56-39-18-17-31-21-34(39)35(43(56)33-15-13-19-49-41(33)30(6)62-11)23-48(7,8)27-63-46(60)36-16-14-20-57(52-36)45(59)37(22-40-50-38(31)26-64-40)51-44(58)42(28(2)3)54(10)47(61)55-24-32(25-55)53(9)29(4)5;;;;/h13,15,17-19,21,26,28-30,32,36-37,42,52H,12,14,16,20,22-25,27H2,1-11H3,(H,51,58);4*1H2/t30-,36-,37-,42-;;;;/m0..../s1. The summed E-state index contributed by atoms with van der Waals surface area (Å²) in [5.41, 5.74) is 9.40. The number of aryl methyl sites for hydroxylation is 1. The second kappa shape index (κ2) is 24.6. The Balaban J connectivity index is 0.00000306. The van der Waals surface area contributed by atoms with Gasteiger partial charge in [0.1, 0.15) is 18.1 Å². The molecular weight excluding hydrogens is 959 g/mol. The van der Waals surface area contributed by atoms with E-state index in [-0.39, 0.29) is 97.0 Å². The Morgan fingerprint density at radius 3 is 2.41 bits per heavy atom. The lowest BCUT2D eigenvalue weighted by Crippen LogP contribution is -2.66. The van der Waals surface area contributed by atoms with Gasteiger partial charge in [0.15, 0.2) is 0 Å². The molecule has 0 aliphatic carbocycles. The first-order chi connectivity index (χ1) is 30.4. The number of nitrogens with zero attached hydrogens (tertiary/aromatic N) is 7. The molecule has 2 saturated heterocycles. The summed E-state index contributed by atoms with van der Waals surface area (Å²) in [4.78, 5) is 72.1. The number of thiazole rings is 1. The lowest BCUT2D eigenvalue weighted by molar-refractivity contribution is -0.155. The van der Waals surface area contributed by atoms with E-state index in [2.05, 4.69) is 86.1 Å². The molecule has 3 aliphatic heterocycles. The molecule has 7 rings (SSSR count). The van der Waals surface area contributed by atoms with Gasteiger partial charge in [0.2, 0.25) is 5.91 Å². The van der Waals surface area contributed by atoms with Crippen LogP contribution in [0.5, 0.6) is 0 Å². The summed E-state index contributed by atoms with van der Waals surface area (Å²) < 4.78 is 14.3. The number of urea groups is 1. The molecule has 2 N–H and O–H groups in total. The molecule has 4 amide bonds. The average Bonchev–Trinajstić information content (AvgIpc) is 3.85. The SMILES string of the molecule is CCn1c(-c2cccnc2[C@H](C)OC)c2c3cc(ccc31)-c1csc(n1)C[C@H](NC(=O)[C@H](C(C)C)N(C)C(=O)N1CC(N(C)C(C)C)C1)C(=O)N1CCC[C@H](N1)C(=O)OCC(C)(C)C2.S.S.S.S. The smallest absolute Gasteiger partial charge is 0.324 e. The summed E-state index contributed by atoms with van der Waals surface area (Å²) in [6, 6.07) is 8.20. The van der Waals surface area contributed by atoms with Crippen LogP contribution in [0.1, 0.15) is 90.6 Å². The molecule has 68 heavy (non-hydrogen) atoms. The minimum absolute atomic E-state index is 0. The van der Waals surface area contributed by atoms with Crippen LogP contribution in [-0.2, 0) is 43.2 Å². The zero-order valence-electron chi connectivity index (χ0n) is 41.4. The molecular formula is C48H75N9O6S5. The zero-order chi connectivity index (χ0) is 46.2. The van der Waals surface area contributed by atoms with Crippen LogP contribution in [0, 0.1) is 11.3 Å². The quantitative estimate of drug-likeness (QED) is 0.163. The number of nitrogens with one attached hydrogen (secondary N) is 2. The second-order valence-electron chi connectivity index (χ2n) is 19.2. The Morgan fingerprint density at radius 2 is 1.76 bits per heavy atom. The molecule has 1 aromatic carbocycles. The Labute approximate surface area is 434 Å². The van der Waals surface area contributed by atoms with Gasteiger partial charge in [0.05, 0.1) is 34.8 Å². The number of amides is 4. The van der Waals surface area contributed by atoms with E-state index in [1.165, 1.54) is 21.2 Å². The van der Waals surface area contributed by atoms with Gasteiger partial charge in [-0.1, -0.05) is 33.8 Å². The van der Waals surface area contributed by atoms with Crippen LogP contribution in [0.3, 0.4) is 0 Å². The van der Waals surface area contributed by atoms with Crippen LogP contribution in [-0.4, -0.2) is 136 Å². The van der Waals surface area contributed by atoms with E-state index in [4.69, 9.17) is 19.4 Å². The van der Waals surface area contributed by atoms with E-state index in [1.54, 1.807) is 25.3 Å². The molecule has 378 valence electrons. The van der Waals surface area contributed by atoms with Crippen LogP contribution in [0.2, 0.25) is 0 Å². The first-order valence-electron chi connectivity index (χ1n) is 22.8. The minimum atomic E-state index is -1.04. The summed E-state index contributed by atoms with van der Waals surface area (Å²) in [7, 11) is 5.41. The van der Waals surface area contributed by atoms with Crippen molar-refractivity contribution in [3.63, 3.8) is 0 Å². The maximum absolute atomic E-state index is 14.6. The van der Waals surface area contributed by atoms with Gasteiger partial charge in [-0.2, -0.15) is 54.0 Å². The van der Waals surface area contributed by atoms with E-state index in [0.29, 0.717) is 56.5 Å². The monoisotopic (exact) mass is 1030 g/mol. The maximum atomic E-state index is 14.6. The fourth-order valence-electron chi connectivity index (χ4n) is 9.38. The molecule has 0 spiro atoms. The number of ether oxygens (including phenoxy) is 2. The van der Waals surface area contributed by atoms with Crippen LogP contribution in [0.25, 0.3) is 33.4 Å². The van der Waals surface area contributed by atoms with Crippen molar-refractivity contribution in [2.24, 2.45) is 11.3 Å². The van der Waals surface area contributed by atoms with Gasteiger partial charge in [-0.25, -0.2) is 15.2 Å². The first kappa shape index (κ1) is 58.8. The fourth-order valence-corrected chi connectivity index (χ4v) is 10.2. The molecule has 20 heteroatoms. The van der Waals surface area contributed by atoms with Gasteiger partial charge in [0.25, 0.3) is 5.91 Å². The number of hydrogen-bond donors (Lipinski definition) is 2. The van der Waals surface area contributed by atoms with Gasteiger partial charge < -0.3 is 29.2 Å². The van der Waals surface area contributed by atoms with Crippen molar-refractivity contribution in [3.8, 4) is 22.5 Å². The molecule has 3 aliphatic rings. The highest BCUT2D eigenvalue weighted by atomic mass is 32.1. The summed E-state index contributed by atoms with van der Waals surface area (Å²) in [6.45, 7) is 18.8. The van der Waals surface area contributed by atoms with Gasteiger partial charge in [-0.3, -0.25) is 29.3 Å². The van der Waals surface area contributed by atoms with Crippen molar-refractivity contribution in [2.75, 3.05) is 47.4 Å². The molecule has 3 aromatic heterocycles. The van der Waals surface area contributed by atoms with E-state index in [9.17, 15) is 19.2 Å². The van der Waals surface area contributed by atoms with E-state index in [0.717, 1.165) is 44.7 Å². The predicted octanol–water partition coefficient (Wildman–Crippen LogP) is 6.75. The summed E-state index contributed by atoms with van der Waals surface area (Å²) in [6.07, 6.45) is 3.30. The molecule has 0 saturated carbocycles. The number of hydrazine groups is 1. The lowest BCUT2D eigenvalue weighted by atomic mass is 9.84. The number of rotatable bonds is 10. The van der Waals surface area contributed by atoms with Gasteiger partial charge in [-0.15, -0.1) is 11.3 Å². The number of fused-ring (bicyclic) bond motifs is 6. The molecule has 6 bridgehead atoms. The van der Waals surface area contributed by atoms with Crippen molar-refractivity contribution in [2.45, 2.75) is 124 Å². The van der Waals surface area contributed by atoms with Crippen molar-refractivity contribution >= 4 is 100 Å². The highest BCUT2D eigenvalue weighted by Crippen LogP contribution is 2.42. The Bertz CT molecular complexity index is 2370. The van der Waals surface area contributed by atoms with Crippen molar-refractivity contribution < 1.29 is 28.7 Å². The summed E-state index contributed by atoms with van der Waals surface area (Å²) in [5, 5.41) is 8.22. The van der Waals surface area contributed by atoms with Crippen molar-refractivity contribution in [3.05, 3.63) is 58.2 Å². The van der Waals surface area contributed by atoms with Crippen LogP contribution in [0.4, 0.5) is 4.79 Å². The Hall–Kier alpha value is -3.50. The number of hydrogen-bond acceptors (Lipinski definition) is 11. The third-order valence-corrected chi connectivity index (χ3v) is 14.2. The lowest BCUT2D eigenvalue weighted by Gasteiger charge is -2.47. The number of carbonyl (C=O) groups is 4. The minimum Gasteiger partial charge on any atom is -0.464 e. The second-order valence-corrected chi connectivity index (χ2v) is 20.1. The fraction of sp³-hybridized carbons (Fsp3) is 0.583. The van der Waals surface area contributed by atoms with Crippen LogP contribution >= 0.6 is 65.3 Å². The zero-order valence-corrected chi connectivity index (χ0v) is 46.3. The molecule has 2 fully saturated rings. The number of methoxy groups -OCH3 is 1. The predicted molar refractivity (Wildman–Crippen MR) is 291 cm³/mol. The molecule has 0 unspecified atom stereocenters. The maximum Gasteiger partial charge on any atom is 0.324 e. The number of likely N-dealkylation sites (N-methyl/N-ethyl adjacent to an activating group) is 2. The van der Waals surface area contributed by atoms with E-state index < -0.39 is 35.4 Å². The highest BCUT2D eigenvalue weighted by Gasteiger charge is 2.41. The molecule has 15 nitrogen and oxygen atoms in total. The largest absolute Gasteiger partial charge is 0.464 e.